The summed E-state index contributed by atoms with van der Waals surface area (Å²) in [5.41, 5.74) is 0.253. The summed E-state index contributed by atoms with van der Waals surface area (Å²) in [5, 5.41) is 6.45. The third-order valence-corrected chi connectivity index (χ3v) is 3.67. The highest BCUT2D eigenvalue weighted by molar-refractivity contribution is 5.77. The van der Waals surface area contributed by atoms with Crippen molar-refractivity contribution in [2.45, 2.75) is 52.3 Å². The molecule has 1 N–H and O–H groups in total. The van der Waals surface area contributed by atoms with Gasteiger partial charge in [-0.3, -0.25) is 9.48 Å². The Hall–Kier alpha value is -1.53. The van der Waals surface area contributed by atoms with Crippen molar-refractivity contribution >= 4 is 5.91 Å². The Balaban J connectivity index is 2.13. The third kappa shape index (κ3) is 3.57. The lowest BCUT2D eigenvalue weighted by Gasteiger charge is -2.15. The highest BCUT2D eigenvalue weighted by atomic mass is 19.4. The molecule has 0 saturated heterocycles. The smallest absolute Gasteiger partial charge is 0.354 e. The van der Waals surface area contributed by atoms with E-state index in [4.69, 9.17) is 0 Å². The molecular formula is C14H20F3N3O. The molecule has 2 rings (SSSR count). The first-order chi connectivity index (χ1) is 9.80. The standard InChI is InChI=1S/C14H20F3N3O/c1-9(2)13(21)18-7-8-20-11-6-4-3-5-10(11)12(19-20)14(15,16)17/h9H,3-8H2,1-2H3,(H,18,21). The van der Waals surface area contributed by atoms with Crippen molar-refractivity contribution in [3.05, 3.63) is 17.0 Å². The lowest BCUT2D eigenvalue weighted by Crippen LogP contribution is -2.31. The summed E-state index contributed by atoms with van der Waals surface area (Å²) in [6.07, 6.45) is -1.70. The van der Waals surface area contributed by atoms with E-state index < -0.39 is 11.9 Å². The van der Waals surface area contributed by atoms with Crippen LogP contribution in [0.3, 0.4) is 0 Å². The summed E-state index contributed by atoms with van der Waals surface area (Å²) in [6.45, 7) is 4.11. The molecule has 1 aromatic heterocycles. The maximum absolute atomic E-state index is 13.0. The van der Waals surface area contributed by atoms with Gasteiger partial charge in [-0.25, -0.2) is 0 Å². The van der Waals surface area contributed by atoms with Crippen molar-refractivity contribution in [1.29, 1.82) is 0 Å². The zero-order valence-corrected chi connectivity index (χ0v) is 12.3. The second-order valence-electron chi connectivity index (χ2n) is 5.65. The number of halogens is 3. The molecule has 1 amide bonds. The van der Waals surface area contributed by atoms with E-state index in [-0.39, 0.29) is 18.4 Å². The second kappa shape index (κ2) is 6.07. The molecule has 118 valence electrons. The van der Waals surface area contributed by atoms with Gasteiger partial charge in [0.25, 0.3) is 0 Å². The van der Waals surface area contributed by atoms with E-state index in [0.29, 0.717) is 30.6 Å². The van der Waals surface area contributed by atoms with Crippen LogP contribution in [0.4, 0.5) is 13.2 Å². The van der Waals surface area contributed by atoms with Gasteiger partial charge in [0.15, 0.2) is 5.69 Å². The number of rotatable bonds is 4. The van der Waals surface area contributed by atoms with Gasteiger partial charge in [-0.2, -0.15) is 18.3 Å². The number of nitrogens with zero attached hydrogens (tertiary/aromatic N) is 2. The van der Waals surface area contributed by atoms with Crippen LogP contribution in [0.2, 0.25) is 0 Å². The molecule has 4 nitrogen and oxygen atoms in total. The van der Waals surface area contributed by atoms with Crippen LogP contribution in [-0.4, -0.2) is 22.2 Å². The Morgan fingerprint density at radius 1 is 1.33 bits per heavy atom. The largest absolute Gasteiger partial charge is 0.435 e. The second-order valence-corrected chi connectivity index (χ2v) is 5.65. The van der Waals surface area contributed by atoms with E-state index in [0.717, 1.165) is 12.8 Å². The Kier molecular flexibility index (Phi) is 4.58. The van der Waals surface area contributed by atoms with Gasteiger partial charge in [0.05, 0.1) is 6.54 Å². The highest BCUT2D eigenvalue weighted by Gasteiger charge is 2.39. The minimum Gasteiger partial charge on any atom is -0.354 e. The number of carbonyl (C=O) groups is 1. The molecule has 1 aliphatic carbocycles. The molecule has 0 spiro atoms. The molecular weight excluding hydrogens is 283 g/mol. The van der Waals surface area contributed by atoms with E-state index >= 15 is 0 Å². The predicted molar refractivity (Wildman–Crippen MR) is 71.7 cm³/mol. The summed E-state index contributed by atoms with van der Waals surface area (Å²) in [4.78, 5) is 11.5. The van der Waals surface area contributed by atoms with E-state index in [1.54, 1.807) is 13.8 Å². The summed E-state index contributed by atoms with van der Waals surface area (Å²) in [7, 11) is 0. The van der Waals surface area contributed by atoms with Gasteiger partial charge in [-0.1, -0.05) is 13.8 Å². The van der Waals surface area contributed by atoms with Gasteiger partial charge < -0.3 is 5.32 Å². The van der Waals surface area contributed by atoms with Gasteiger partial charge in [0.2, 0.25) is 5.91 Å². The average molecular weight is 303 g/mol. The molecule has 0 unspecified atom stereocenters. The zero-order chi connectivity index (χ0) is 15.6. The van der Waals surface area contributed by atoms with Crippen LogP contribution < -0.4 is 5.32 Å². The topological polar surface area (TPSA) is 46.9 Å². The van der Waals surface area contributed by atoms with E-state index in [1.165, 1.54) is 4.68 Å². The van der Waals surface area contributed by atoms with Gasteiger partial charge in [-0.15, -0.1) is 0 Å². The summed E-state index contributed by atoms with van der Waals surface area (Å²) >= 11 is 0. The Morgan fingerprint density at radius 2 is 2.00 bits per heavy atom. The minimum absolute atomic E-state index is 0.105. The third-order valence-electron chi connectivity index (χ3n) is 3.67. The molecule has 0 bridgehead atoms. The van der Waals surface area contributed by atoms with E-state index in [2.05, 4.69) is 10.4 Å². The molecule has 0 saturated carbocycles. The summed E-state index contributed by atoms with van der Waals surface area (Å²) in [6, 6.07) is 0. The van der Waals surface area contributed by atoms with Gasteiger partial charge in [0, 0.05) is 23.7 Å². The fourth-order valence-electron chi connectivity index (χ4n) is 2.57. The monoisotopic (exact) mass is 303 g/mol. The first-order valence-corrected chi connectivity index (χ1v) is 7.24. The maximum Gasteiger partial charge on any atom is 0.435 e. The minimum atomic E-state index is -4.41. The number of hydrogen-bond acceptors (Lipinski definition) is 2. The van der Waals surface area contributed by atoms with E-state index in [9.17, 15) is 18.0 Å². The molecule has 0 atom stereocenters. The highest BCUT2D eigenvalue weighted by Crippen LogP contribution is 2.35. The number of aromatic nitrogens is 2. The van der Waals surface area contributed by atoms with Crippen LogP contribution in [0.5, 0.6) is 0 Å². The Bertz CT molecular complexity index is 520. The number of hydrogen-bond donors (Lipinski definition) is 1. The predicted octanol–water partition coefficient (Wildman–Crippen LogP) is 2.55. The van der Waals surface area contributed by atoms with Crippen molar-refractivity contribution in [1.82, 2.24) is 15.1 Å². The fourth-order valence-corrected chi connectivity index (χ4v) is 2.57. The van der Waals surface area contributed by atoms with Crippen LogP contribution in [0.1, 0.15) is 43.6 Å². The summed E-state index contributed by atoms with van der Waals surface area (Å²) in [5.74, 6) is -0.241. The van der Waals surface area contributed by atoms with Crippen molar-refractivity contribution in [2.75, 3.05) is 6.54 Å². The van der Waals surface area contributed by atoms with Crippen molar-refractivity contribution in [3.8, 4) is 0 Å². The SMILES string of the molecule is CC(C)C(=O)NCCn1nc(C(F)(F)F)c2c1CCCC2. The van der Waals surface area contributed by atoms with Crippen LogP contribution in [-0.2, 0) is 30.4 Å². The first-order valence-electron chi connectivity index (χ1n) is 7.24. The Labute approximate surface area is 121 Å². The normalized spacial score (nSPS) is 15.1. The molecule has 0 radical (unpaired) electrons. The molecule has 1 heterocycles. The maximum atomic E-state index is 13.0. The Morgan fingerprint density at radius 3 is 2.62 bits per heavy atom. The van der Waals surface area contributed by atoms with Crippen LogP contribution in [0.25, 0.3) is 0 Å². The van der Waals surface area contributed by atoms with Gasteiger partial charge in [-0.05, 0) is 25.7 Å². The van der Waals surface area contributed by atoms with Crippen molar-refractivity contribution in [2.24, 2.45) is 5.92 Å². The summed E-state index contributed by atoms with van der Waals surface area (Å²) < 4.78 is 40.4. The molecule has 1 aliphatic rings. The number of carbonyl (C=O) groups excluding carboxylic acids is 1. The van der Waals surface area contributed by atoms with Gasteiger partial charge in [0.1, 0.15) is 0 Å². The molecule has 0 fully saturated rings. The van der Waals surface area contributed by atoms with Crippen molar-refractivity contribution < 1.29 is 18.0 Å². The molecule has 0 aromatic carbocycles. The number of fused-ring (bicyclic) bond motifs is 1. The molecule has 21 heavy (non-hydrogen) atoms. The van der Waals surface area contributed by atoms with Crippen LogP contribution in [0.15, 0.2) is 0 Å². The number of nitrogens with one attached hydrogen (secondary N) is 1. The first kappa shape index (κ1) is 15.9. The molecule has 0 aliphatic heterocycles. The average Bonchev–Trinajstić information content (AvgIpc) is 2.78. The van der Waals surface area contributed by atoms with Crippen LogP contribution >= 0.6 is 0 Å². The molecule has 1 aromatic rings. The van der Waals surface area contributed by atoms with Gasteiger partial charge >= 0.3 is 6.18 Å². The van der Waals surface area contributed by atoms with Crippen molar-refractivity contribution in [3.63, 3.8) is 0 Å². The van der Waals surface area contributed by atoms with E-state index in [1.807, 2.05) is 0 Å². The number of amides is 1. The fraction of sp³-hybridized carbons (Fsp3) is 0.714. The lowest BCUT2D eigenvalue weighted by molar-refractivity contribution is -0.142. The molecule has 7 heteroatoms. The zero-order valence-electron chi connectivity index (χ0n) is 12.3. The quantitative estimate of drug-likeness (QED) is 0.929. The number of alkyl halides is 3. The lowest BCUT2D eigenvalue weighted by atomic mass is 9.95. The van der Waals surface area contributed by atoms with Crippen LogP contribution in [0, 0.1) is 5.92 Å².